The zero-order chi connectivity index (χ0) is 12.2. The summed E-state index contributed by atoms with van der Waals surface area (Å²) >= 11 is 0. The van der Waals surface area contributed by atoms with Crippen molar-refractivity contribution in [1.82, 2.24) is 9.55 Å². The maximum atomic E-state index is 4.16. The van der Waals surface area contributed by atoms with Gasteiger partial charge in [-0.1, -0.05) is 60.7 Å². The van der Waals surface area contributed by atoms with Crippen molar-refractivity contribution < 1.29 is 0 Å². The van der Waals surface area contributed by atoms with Gasteiger partial charge in [0.05, 0.1) is 12.4 Å². The molecule has 0 aliphatic carbocycles. The first-order chi connectivity index (χ1) is 8.95. The smallest absolute Gasteiger partial charge is 0.0954 e. The third kappa shape index (κ3) is 2.93. The van der Waals surface area contributed by atoms with Gasteiger partial charge in [0.15, 0.2) is 0 Å². The van der Waals surface area contributed by atoms with Crippen molar-refractivity contribution in [2.24, 2.45) is 0 Å². The lowest BCUT2D eigenvalue weighted by molar-refractivity contribution is 0.677. The van der Waals surface area contributed by atoms with Crippen molar-refractivity contribution >= 4 is 17.0 Å². The number of rotatable bonds is 3. The van der Waals surface area contributed by atoms with Crippen molar-refractivity contribution in [3.63, 3.8) is 0 Å². The zero-order valence-electron chi connectivity index (χ0n) is 10.4. The molecule has 3 heteroatoms. The first-order valence-electron chi connectivity index (χ1n) is 6.02. The minimum Gasteiger partial charge on any atom is -0.326 e. The molecule has 0 N–H and O–H groups in total. The van der Waals surface area contributed by atoms with E-state index < -0.39 is 0 Å². The number of halogens is 1. The van der Waals surface area contributed by atoms with Crippen LogP contribution in [0.5, 0.6) is 0 Å². The van der Waals surface area contributed by atoms with Crippen LogP contribution in [-0.2, 0) is 0 Å². The van der Waals surface area contributed by atoms with Crippen molar-refractivity contribution in [1.29, 1.82) is 0 Å². The second kappa shape index (κ2) is 6.34. The van der Waals surface area contributed by atoms with Gasteiger partial charge in [-0.3, -0.25) is 0 Å². The summed E-state index contributed by atoms with van der Waals surface area (Å²) in [7, 11) is 0. The van der Waals surface area contributed by atoms with Gasteiger partial charge in [0.1, 0.15) is 0 Å². The van der Waals surface area contributed by atoms with Crippen LogP contribution in [0.15, 0.2) is 79.4 Å². The second-order valence-electron chi connectivity index (χ2n) is 4.23. The van der Waals surface area contributed by atoms with Gasteiger partial charge in [-0.2, -0.15) is 0 Å². The monoisotopic (exact) mass is 314 g/mol. The minimum absolute atomic E-state index is 0. The summed E-state index contributed by atoms with van der Waals surface area (Å²) in [6.45, 7) is 0. The molecular weight excluding hydrogens is 300 g/mol. The Labute approximate surface area is 123 Å². The van der Waals surface area contributed by atoms with E-state index in [-0.39, 0.29) is 23.0 Å². The Morgan fingerprint density at radius 3 is 1.74 bits per heavy atom. The average Bonchev–Trinajstić information content (AvgIpc) is 2.95. The highest BCUT2D eigenvalue weighted by Gasteiger charge is 2.14. The Balaban J connectivity index is 0.00000133. The molecule has 0 unspecified atom stereocenters. The maximum Gasteiger partial charge on any atom is 0.0954 e. The fraction of sp³-hybridized carbons (Fsp3) is 0.0625. The fourth-order valence-corrected chi connectivity index (χ4v) is 2.23. The van der Waals surface area contributed by atoms with Crippen LogP contribution < -0.4 is 0 Å². The molecule has 0 fully saturated rings. The molecule has 0 radical (unpaired) electrons. The fourth-order valence-electron chi connectivity index (χ4n) is 2.23. The van der Waals surface area contributed by atoms with E-state index in [1.807, 2.05) is 30.9 Å². The summed E-state index contributed by atoms with van der Waals surface area (Å²) < 4.78 is 2.13. The Hall–Kier alpha value is -1.87. The van der Waals surface area contributed by atoms with Crippen LogP contribution in [0.3, 0.4) is 0 Å². The molecule has 2 aromatic carbocycles. The Kier molecular flexibility index (Phi) is 4.53. The minimum atomic E-state index is 0. The highest BCUT2D eigenvalue weighted by atomic mass is 79.9. The Morgan fingerprint density at radius 1 is 0.789 bits per heavy atom. The molecule has 0 bridgehead atoms. The van der Waals surface area contributed by atoms with Gasteiger partial charge in [-0.25, -0.2) is 4.98 Å². The lowest BCUT2D eigenvalue weighted by Crippen LogP contribution is -2.10. The quantitative estimate of drug-likeness (QED) is 0.711. The number of nitrogens with zero attached hydrogens (tertiary/aromatic N) is 2. The van der Waals surface area contributed by atoms with E-state index in [4.69, 9.17) is 0 Å². The molecule has 0 spiro atoms. The lowest BCUT2D eigenvalue weighted by atomic mass is 9.99. The first kappa shape index (κ1) is 13.6. The highest BCUT2D eigenvalue weighted by molar-refractivity contribution is 8.93. The SMILES string of the molecule is Br.c1ccc(C(c2ccccc2)n2ccnc2)cc1. The molecule has 1 heterocycles. The van der Waals surface area contributed by atoms with Gasteiger partial charge in [-0.15, -0.1) is 17.0 Å². The molecule has 3 rings (SSSR count). The van der Waals surface area contributed by atoms with E-state index in [1.165, 1.54) is 11.1 Å². The van der Waals surface area contributed by atoms with E-state index in [9.17, 15) is 0 Å². The van der Waals surface area contributed by atoms with Gasteiger partial charge >= 0.3 is 0 Å². The Morgan fingerprint density at radius 2 is 1.32 bits per heavy atom. The first-order valence-corrected chi connectivity index (χ1v) is 6.02. The molecule has 0 amide bonds. The van der Waals surface area contributed by atoms with Gasteiger partial charge in [0.25, 0.3) is 0 Å². The van der Waals surface area contributed by atoms with Gasteiger partial charge < -0.3 is 4.57 Å². The third-order valence-electron chi connectivity index (χ3n) is 3.05. The second-order valence-corrected chi connectivity index (χ2v) is 4.23. The molecule has 2 nitrogen and oxygen atoms in total. The number of hydrogen-bond acceptors (Lipinski definition) is 1. The molecule has 0 saturated heterocycles. The van der Waals surface area contributed by atoms with Crippen molar-refractivity contribution in [3.05, 3.63) is 90.5 Å². The molecule has 19 heavy (non-hydrogen) atoms. The molecule has 96 valence electrons. The number of imidazole rings is 1. The lowest BCUT2D eigenvalue weighted by Gasteiger charge is -2.19. The molecule has 0 aliphatic heterocycles. The van der Waals surface area contributed by atoms with Crippen LogP contribution in [0, 0.1) is 0 Å². The van der Waals surface area contributed by atoms with Gasteiger partial charge in [-0.05, 0) is 11.1 Å². The predicted molar refractivity (Wildman–Crippen MR) is 82.7 cm³/mol. The summed E-state index contributed by atoms with van der Waals surface area (Å²) in [5.74, 6) is 0. The standard InChI is InChI=1S/C16H14N2.BrH/c1-3-7-14(8-4-1)16(18-12-11-17-13-18)15-9-5-2-6-10-15;/h1-13,16H;1H. The zero-order valence-corrected chi connectivity index (χ0v) is 12.1. The van der Waals surface area contributed by atoms with Gasteiger partial charge in [0, 0.05) is 12.4 Å². The van der Waals surface area contributed by atoms with Crippen LogP contribution in [0.2, 0.25) is 0 Å². The number of hydrogen-bond donors (Lipinski definition) is 0. The topological polar surface area (TPSA) is 17.8 Å². The Bertz CT molecular complexity index is 552. The van der Waals surface area contributed by atoms with Gasteiger partial charge in [0.2, 0.25) is 0 Å². The summed E-state index contributed by atoms with van der Waals surface area (Å²) in [5, 5.41) is 0. The average molecular weight is 315 g/mol. The van der Waals surface area contributed by atoms with Crippen molar-refractivity contribution in [2.45, 2.75) is 6.04 Å². The van der Waals surface area contributed by atoms with E-state index in [1.54, 1.807) is 0 Å². The number of aromatic nitrogens is 2. The summed E-state index contributed by atoms with van der Waals surface area (Å²) in [5.41, 5.74) is 2.53. The van der Waals surface area contributed by atoms with Crippen LogP contribution in [-0.4, -0.2) is 9.55 Å². The van der Waals surface area contributed by atoms with E-state index in [0.29, 0.717) is 0 Å². The molecule has 0 atom stereocenters. The summed E-state index contributed by atoms with van der Waals surface area (Å²) in [4.78, 5) is 4.16. The third-order valence-corrected chi connectivity index (χ3v) is 3.05. The maximum absolute atomic E-state index is 4.16. The van der Waals surface area contributed by atoms with Crippen LogP contribution in [0.1, 0.15) is 17.2 Å². The van der Waals surface area contributed by atoms with Crippen molar-refractivity contribution in [3.8, 4) is 0 Å². The molecule has 0 aliphatic rings. The number of benzene rings is 2. The molecule has 0 saturated carbocycles. The summed E-state index contributed by atoms with van der Waals surface area (Å²) in [6, 6.07) is 21.2. The summed E-state index contributed by atoms with van der Waals surface area (Å²) in [6.07, 6.45) is 5.69. The molecule has 3 aromatic rings. The normalized spacial score (nSPS) is 10.2. The van der Waals surface area contributed by atoms with E-state index >= 15 is 0 Å². The largest absolute Gasteiger partial charge is 0.326 e. The molecule has 1 aromatic heterocycles. The predicted octanol–water partition coefficient (Wildman–Crippen LogP) is 4.10. The molecular formula is C16H15BrN2. The van der Waals surface area contributed by atoms with Crippen LogP contribution in [0.4, 0.5) is 0 Å². The van der Waals surface area contributed by atoms with E-state index in [0.717, 1.165) is 0 Å². The van der Waals surface area contributed by atoms with Crippen molar-refractivity contribution in [2.75, 3.05) is 0 Å². The van der Waals surface area contributed by atoms with E-state index in [2.05, 4.69) is 58.1 Å². The van der Waals surface area contributed by atoms with Crippen LogP contribution >= 0.6 is 17.0 Å². The highest BCUT2D eigenvalue weighted by Crippen LogP contribution is 2.25. The van der Waals surface area contributed by atoms with Crippen LogP contribution in [0.25, 0.3) is 0 Å².